The Bertz CT molecular complexity index is 511. The Balaban J connectivity index is 0.000000200. The van der Waals surface area contributed by atoms with Crippen LogP contribution in [0.25, 0.3) is 0 Å². The molecule has 0 aliphatic rings. The minimum absolute atomic E-state index is 0.624. The molecule has 0 N–H and O–H groups in total. The first kappa shape index (κ1) is 17.4. The Kier molecular flexibility index (Phi) is 7.43. The van der Waals surface area contributed by atoms with E-state index >= 15 is 0 Å². The van der Waals surface area contributed by atoms with Crippen LogP contribution in [0.4, 0.5) is 0 Å². The molecule has 108 valence electrons. The molecule has 0 atom stereocenters. The number of hydrogen-bond acceptors (Lipinski definition) is 0. The summed E-state index contributed by atoms with van der Waals surface area (Å²) >= 11 is 17.3. The molecular formula is C17H19Cl3. The van der Waals surface area contributed by atoms with E-state index in [-0.39, 0.29) is 0 Å². The standard InChI is InChI=1S/C9H11Cl.C8H8Cl2/c1-3-8-4-5-9(10)7(2)6-8;1-2-6-3-4-7(9)8(10)5-6/h4-6H,3H2,1-2H3;3-5H,2H2,1H3. The van der Waals surface area contributed by atoms with E-state index in [1.807, 2.05) is 31.2 Å². The Morgan fingerprint density at radius 2 is 1.20 bits per heavy atom. The third-order valence-corrected chi connectivity index (χ3v) is 4.19. The van der Waals surface area contributed by atoms with Crippen molar-refractivity contribution in [3.8, 4) is 0 Å². The van der Waals surface area contributed by atoms with Crippen LogP contribution in [0.3, 0.4) is 0 Å². The molecule has 0 bridgehead atoms. The minimum Gasteiger partial charge on any atom is -0.0841 e. The fraction of sp³-hybridized carbons (Fsp3) is 0.294. The third-order valence-electron chi connectivity index (χ3n) is 3.02. The van der Waals surface area contributed by atoms with Crippen molar-refractivity contribution in [1.29, 1.82) is 0 Å². The van der Waals surface area contributed by atoms with Crippen molar-refractivity contribution in [2.24, 2.45) is 0 Å². The summed E-state index contributed by atoms with van der Waals surface area (Å²) < 4.78 is 0. The molecule has 2 aromatic rings. The van der Waals surface area contributed by atoms with Gasteiger partial charge < -0.3 is 0 Å². The molecular weight excluding hydrogens is 311 g/mol. The van der Waals surface area contributed by atoms with Crippen LogP contribution in [-0.4, -0.2) is 0 Å². The van der Waals surface area contributed by atoms with Gasteiger partial charge in [0.15, 0.2) is 0 Å². The molecule has 0 aliphatic heterocycles. The van der Waals surface area contributed by atoms with Gasteiger partial charge in [-0.25, -0.2) is 0 Å². The van der Waals surface area contributed by atoms with Gasteiger partial charge in [-0.2, -0.15) is 0 Å². The molecule has 0 heterocycles. The van der Waals surface area contributed by atoms with Gasteiger partial charge in [-0.3, -0.25) is 0 Å². The second kappa shape index (κ2) is 8.56. The van der Waals surface area contributed by atoms with Crippen molar-refractivity contribution in [3.05, 3.63) is 68.2 Å². The summed E-state index contributed by atoms with van der Waals surface area (Å²) in [7, 11) is 0. The van der Waals surface area contributed by atoms with Crippen molar-refractivity contribution >= 4 is 34.8 Å². The van der Waals surface area contributed by atoms with Gasteiger partial charge in [0, 0.05) is 5.02 Å². The second-order valence-corrected chi connectivity index (χ2v) is 5.76. The monoisotopic (exact) mass is 328 g/mol. The molecule has 0 unspecified atom stereocenters. The van der Waals surface area contributed by atoms with E-state index < -0.39 is 0 Å². The fourth-order valence-corrected chi connectivity index (χ4v) is 2.12. The van der Waals surface area contributed by atoms with E-state index in [2.05, 4.69) is 26.0 Å². The average molecular weight is 330 g/mol. The van der Waals surface area contributed by atoms with Crippen LogP contribution in [0.15, 0.2) is 36.4 Å². The van der Waals surface area contributed by atoms with Crippen molar-refractivity contribution in [2.45, 2.75) is 33.6 Å². The highest BCUT2D eigenvalue weighted by atomic mass is 35.5. The summed E-state index contributed by atoms with van der Waals surface area (Å²) in [6.45, 7) is 6.25. The second-order valence-electron chi connectivity index (χ2n) is 4.54. The van der Waals surface area contributed by atoms with Gasteiger partial charge in [0.05, 0.1) is 10.0 Å². The maximum atomic E-state index is 5.84. The zero-order valence-corrected chi connectivity index (χ0v) is 14.3. The lowest BCUT2D eigenvalue weighted by molar-refractivity contribution is 1.13. The smallest absolute Gasteiger partial charge is 0.0595 e. The molecule has 0 aromatic heterocycles. The molecule has 2 rings (SSSR count). The molecule has 3 heteroatoms. The van der Waals surface area contributed by atoms with Crippen LogP contribution >= 0.6 is 34.8 Å². The van der Waals surface area contributed by atoms with E-state index in [0.717, 1.165) is 17.9 Å². The predicted molar refractivity (Wildman–Crippen MR) is 91.4 cm³/mol. The van der Waals surface area contributed by atoms with Crippen LogP contribution in [-0.2, 0) is 12.8 Å². The van der Waals surface area contributed by atoms with Crippen molar-refractivity contribution in [3.63, 3.8) is 0 Å². The molecule has 0 saturated heterocycles. The number of aryl methyl sites for hydroxylation is 3. The fourth-order valence-electron chi connectivity index (χ4n) is 1.69. The van der Waals surface area contributed by atoms with E-state index in [1.165, 1.54) is 16.7 Å². The van der Waals surface area contributed by atoms with Gasteiger partial charge in [0.2, 0.25) is 0 Å². The molecule has 20 heavy (non-hydrogen) atoms. The average Bonchev–Trinajstić information content (AvgIpc) is 2.45. The lowest BCUT2D eigenvalue weighted by Crippen LogP contribution is -1.81. The van der Waals surface area contributed by atoms with E-state index in [9.17, 15) is 0 Å². The Morgan fingerprint density at radius 3 is 1.65 bits per heavy atom. The Morgan fingerprint density at radius 1 is 0.700 bits per heavy atom. The molecule has 0 aliphatic carbocycles. The maximum Gasteiger partial charge on any atom is 0.0595 e. The molecule has 0 amide bonds. The van der Waals surface area contributed by atoms with E-state index in [0.29, 0.717) is 10.0 Å². The lowest BCUT2D eigenvalue weighted by Gasteiger charge is -1.99. The van der Waals surface area contributed by atoms with E-state index in [1.54, 1.807) is 0 Å². The normalized spacial score (nSPS) is 9.90. The maximum absolute atomic E-state index is 5.84. The summed E-state index contributed by atoms with van der Waals surface area (Å²) in [5.74, 6) is 0. The zero-order chi connectivity index (χ0) is 15.1. The summed E-state index contributed by atoms with van der Waals surface area (Å²) in [5, 5.41) is 2.12. The highest BCUT2D eigenvalue weighted by Crippen LogP contribution is 2.22. The van der Waals surface area contributed by atoms with Gasteiger partial charge in [-0.05, 0) is 54.7 Å². The summed E-state index contributed by atoms with van der Waals surface area (Å²) in [6.07, 6.45) is 2.08. The van der Waals surface area contributed by atoms with Crippen LogP contribution < -0.4 is 0 Å². The summed E-state index contributed by atoms with van der Waals surface area (Å²) in [4.78, 5) is 0. The van der Waals surface area contributed by atoms with Gasteiger partial charge in [0.1, 0.15) is 0 Å². The largest absolute Gasteiger partial charge is 0.0841 e. The van der Waals surface area contributed by atoms with Crippen LogP contribution in [0.2, 0.25) is 15.1 Å². The number of benzene rings is 2. The third kappa shape index (κ3) is 5.36. The molecule has 0 nitrogen and oxygen atoms in total. The molecule has 2 aromatic carbocycles. The topological polar surface area (TPSA) is 0 Å². The van der Waals surface area contributed by atoms with Crippen LogP contribution in [0.1, 0.15) is 30.5 Å². The van der Waals surface area contributed by atoms with Crippen LogP contribution in [0, 0.1) is 6.92 Å². The minimum atomic E-state index is 0.624. The van der Waals surface area contributed by atoms with E-state index in [4.69, 9.17) is 34.8 Å². The zero-order valence-electron chi connectivity index (χ0n) is 12.0. The highest BCUT2D eigenvalue weighted by molar-refractivity contribution is 6.42. The first-order valence-corrected chi connectivity index (χ1v) is 7.80. The predicted octanol–water partition coefficient (Wildman–Crippen LogP) is 6.77. The summed E-state index contributed by atoms with van der Waals surface area (Å²) in [6, 6.07) is 11.8. The molecule has 0 spiro atoms. The van der Waals surface area contributed by atoms with Gasteiger partial charge in [-0.1, -0.05) is 66.8 Å². The quantitative estimate of drug-likeness (QED) is 0.570. The van der Waals surface area contributed by atoms with Gasteiger partial charge >= 0.3 is 0 Å². The number of rotatable bonds is 2. The Hall–Kier alpha value is -0.690. The molecule has 0 radical (unpaired) electrons. The first-order valence-electron chi connectivity index (χ1n) is 6.66. The Labute approximate surface area is 136 Å². The molecule has 0 fully saturated rings. The summed E-state index contributed by atoms with van der Waals surface area (Å²) in [5.41, 5.74) is 3.73. The van der Waals surface area contributed by atoms with Gasteiger partial charge in [0.25, 0.3) is 0 Å². The number of halogens is 3. The molecule has 0 saturated carbocycles. The van der Waals surface area contributed by atoms with Crippen LogP contribution in [0.5, 0.6) is 0 Å². The lowest BCUT2D eigenvalue weighted by atomic mass is 10.1. The highest BCUT2D eigenvalue weighted by Gasteiger charge is 1.96. The first-order chi connectivity index (χ1) is 9.47. The SMILES string of the molecule is CCc1ccc(Cl)c(C)c1.CCc1ccc(Cl)c(Cl)c1. The van der Waals surface area contributed by atoms with Gasteiger partial charge in [-0.15, -0.1) is 0 Å². The van der Waals surface area contributed by atoms with Crippen molar-refractivity contribution < 1.29 is 0 Å². The van der Waals surface area contributed by atoms with Crippen molar-refractivity contribution in [2.75, 3.05) is 0 Å². The van der Waals surface area contributed by atoms with Crippen molar-refractivity contribution in [1.82, 2.24) is 0 Å². The number of hydrogen-bond donors (Lipinski definition) is 0.